The summed E-state index contributed by atoms with van der Waals surface area (Å²) < 4.78 is 7.85. The Kier molecular flexibility index (Phi) is 3.98. The molecule has 0 radical (unpaired) electrons. The molecule has 0 bridgehead atoms. The molecule has 1 aliphatic heterocycles. The maximum atomic E-state index is 5.73. The highest BCUT2D eigenvalue weighted by atomic mass is 79.9. The van der Waals surface area contributed by atoms with Crippen LogP contribution in [0.25, 0.3) is 0 Å². The normalized spacial score (nSPS) is 12.9. The Labute approximate surface area is 135 Å². The zero-order chi connectivity index (χ0) is 14.1. The highest BCUT2D eigenvalue weighted by Crippen LogP contribution is 2.33. The topological polar surface area (TPSA) is 34.2 Å². The molecule has 5 heteroatoms. The van der Waals surface area contributed by atoms with Crippen molar-refractivity contribution in [3.05, 3.63) is 50.0 Å². The van der Waals surface area contributed by atoms with Crippen molar-refractivity contribution in [1.29, 1.82) is 0 Å². The molecule has 1 aliphatic rings. The van der Waals surface area contributed by atoms with Crippen LogP contribution in [0.3, 0.4) is 0 Å². The van der Waals surface area contributed by atoms with E-state index in [9.17, 15) is 0 Å². The smallest absolute Gasteiger partial charge is 0.127 e. The second-order valence-corrected chi connectivity index (χ2v) is 6.54. The molecule has 0 atom stereocenters. The number of benzene rings is 1. The van der Waals surface area contributed by atoms with Gasteiger partial charge in [0, 0.05) is 27.5 Å². The first kappa shape index (κ1) is 13.9. The first-order chi connectivity index (χ1) is 9.63. The second kappa shape index (κ2) is 5.74. The highest BCUT2D eigenvalue weighted by molar-refractivity contribution is 9.10. The van der Waals surface area contributed by atoms with Crippen molar-refractivity contribution in [3.8, 4) is 5.75 Å². The summed E-state index contributed by atoms with van der Waals surface area (Å²) in [6.45, 7) is 3.46. The van der Waals surface area contributed by atoms with Crippen LogP contribution in [-0.2, 0) is 13.0 Å². The summed E-state index contributed by atoms with van der Waals surface area (Å²) in [5.41, 5.74) is 3.41. The third-order valence-electron chi connectivity index (χ3n) is 3.31. The summed E-state index contributed by atoms with van der Waals surface area (Å²) in [5.74, 6) is 1.90. The predicted molar refractivity (Wildman–Crippen MR) is 87.3 cm³/mol. The Morgan fingerprint density at radius 2 is 2.15 bits per heavy atom. The standard InChI is InChI=1S/C15H14Br2N2O/c1-9-13(17)2-3-14(19-9)18-8-11-7-12(16)6-10-4-5-20-15(10)11/h2-3,6-7H,4-5,8H2,1H3,(H,18,19). The van der Waals surface area contributed by atoms with Crippen LogP contribution in [0.1, 0.15) is 16.8 Å². The Balaban J connectivity index is 1.80. The molecule has 0 amide bonds. The van der Waals surface area contributed by atoms with E-state index in [2.05, 4.69) is 54.3 Å². The van der Waals surface area contributed by atoms with Crippen LogP contribution >= 0.6 is 31.9 Å². The summed E-state index contributed by atoms with van der Waals surface area (Å²) in [6, 6.07) is 8.21. The van der Waals surface area contributed by atoms with Gasteiger partial charge in [-0.1, -0.05) is 15.9 Å². The predicted octanol–water partition coefficient (Wildman–Crippen LogP) is 4.46. The van der Waals surface area contributed by atoms with Crippen molar-refractivity contribution >= 4 is 37.7 Å². The van der Waals surface area contributed by atoms with Crippen LogP contribution in [0.5, 0.6) is 5.75 Å². The number of fused-ring (bicyclic) bond motifs is 1. The summed E-state index contributed by atoms with van der Waals surface area (Å²) in [6.07, 6.45) is 0.984. The lowest BCUT2D eigenvalue weighted by Crippen LogP contribution is -2.04. The largest absolute Gasteiger partial charge is 0.493 e. The van der Waals surface area contributed by atoms with Crippen molar-refractivity contribution in [3.63, 3.8) is 0 Å². The quantitative estimate of drug-likeness (QED) is 0.829. The van der Waals surface area contributed by atoms with Crippen LogP contribution in [-0.4, -0.2) is 11.6 Å². The average molecular weight is 398 g/mol. The van der Waals surface area contributed by atoms with E-state index < -0.39 is 0 Å². The summed E-state index contributed by atoms with van der Waals surface area (Å²) >= 11 is 7.02. The molecule has 2 aromatic rings. The number of aryl methyl sites for hydroxylation is 1. The van der Waals surface area contributed by atoms with Crippen molar-refractivity contribution in [2.75, 3.05) is 11.9 Å². The van der Waals surface area contributed by atoms with Crippen LogP contribution in [0.15, 0.2) is 33.2 Å². The highest BCUT2D eigenvalue weighted by Gasteiger charge is 2.17. The molecule has 0 saturated heterocycles. The molecule has 20 heavy (non-hydrogen) atoms. The first-order valence-electron chi connectivity index (χ1n) is 6.44. The fraction of sp³-hybridized carbons (Fsp3) is 0.267. The van der Waals surface area contributed by atoms with Crippen LogP contribution < -0.4 is 10.1 Å². The maximum Gasteiger partial charge on any atom is 0.127 e. The van der Waals surface area contributed by atoms with Gasteiger partial charge in [-0.25, -0.2) is 4.98 Å². The maximum absolute atomic E-state index is 5.73. The van der Waals surface area contributed by atoms with E-state index in [0.29, 0.717) is 6.54 Å². The third kappa shape index (κ3) is 2.83. The van der Waals surface area contributed by atoms with E-state index >= 15 is 0 Å². The minimum absolute atomic E-state index is 0.704. The molecular weight excluding hydrogens is 384 g/mol. The zero-order valence-corrected chi connectivity index (χ0v) is 14.2. The number of nitrogens with zero attached hydrogens (tertiary/aromatic N) is 1. The number of halogens is 2. The van der Waals surface area contributed by atoms with Gasteiger partial charge in [-0.2, -0.15) is 0 Å². The number of aromatic nitrogens is 1. The molecule has 1 aromatic heterocycles. The van der Waals surface area contributed by atoms with E-state index in [0.717, 1.165) is 44.8 Å². The molecule has 1 aromatic carbocycles. The number of hydrogen-bond acceptors (Lipinski definition) is 3. The second-order valence-electron chi connectivity index (χ2n) is 4.77. The van der Waals surface area contributed by atoms with Gasteiger partial charge in [0.05, 0.1) is 12.3 Å². The lowest BCUT2D eigenvalue weighted by atomic mass is 10.1. The van der Waals surface area contributed by atoms with Crippen molar-refractivity contribution < 1.29 is 4.74 Å². The van der Waals surface area contributed by atoms with Gasteiger partial charge in [-0.3, -0.25) is 0 Å². The number of ether oxygens (including phenoxy) is 1. The minimum Gasteiger partial charge on any atom is -0.493 e. The molecule has 0 spiro atoms. The Morgan fingerprint density at radius 3 is 2.95 bits per heavy atom. The van der Waals surface area contributed by atoms with Crippen molar-refractivity contribution in [2.24, 2.45) is 0 Å². The monoisotopic (exact) mass is 396 g/mol. The number of pyridine rings is 1. The zero-order valence-electron chi connectivity index (χ0n) is 11.0. The Hall–Kier alpha value is -1.07. The fourth-order valence-electron chi connectivity index (χ4n) is 2.31. The van der Waals surface area contributed by atoms with Crippen LogP contribution in [0.4, 0.5) is 5.82 Å². The molecular formula is C15H14Br2N2O. The molecule has 0 saturated carbocycles. The van der Waals surface area contributed by atoms with Crippen molar-refractivity contribution in [1.82, 2.24) is 4.98 Å². The molecule has 104 valence electrons. The Morgan fingerprint density at radius 1 is 1.30 bits per heavy atom. The number of rotatable bonds is 3. The summed E-state index contributed by atoms with van der Waals surface area (Å²) in [4.78, 5) is 4.49. The summed E-state index contributed by atoms with van der Waals surface area (Å²) in [7, 11) is 0. The molecule has 3 nitrogen and oxygen atoms in total. The number of hydrogen-bond donors (Lipinski definition) is 1. The van der Waals surface area contributed by atoms with Gasteiger partial charge < -0.3 is 10.1 Å². The molecule has 0 aliphatic carbocycles. The van der Waals surface area contributed by atoms with Crippen molar-refractivity contribution in [2.45, 2.75) is 19.9 Å². The van der Waals surface area contributed by atoms with E-state index in [1.807, 2.05) is 19.1 Å². The van der Waals surface area contributed by atoms with Gasteiger partial charge >= 0.3 is 0 Å². The Bertz CT molecular complexity index is 659. The van der Waals surface area contributed by atoms with Gasteiger partial charge in [0.15, 0.2) is 0 Å². The van der Waals surface area contributed by atoms with E-state index in [4.69, 9.17) is 4.74 Å². The molecule has 0 unspecified atom stereocenters. The lowest BCUT2D eigenvalue weighted by Gasteiger charge is -2.11. The number of nitrogens with one attached hydrogen (secondary N) is 1. The van der Waals surface area contributed by atoms with E-state index in [1.165, 1.54) is 5.56 Å². The fourth-order valence-corrected chi connectivity index (χ4v) is 3.08. The first-order valence-corrected chi connectivity index (χ1v) is 8.03. The number of anilines is 1. The average Bonchev–Trinajstić information content (AvgIpc) is 2.88. The van der Waals surface area contributed by atoms with Gasteiger partial charge in [-0.15, -0.1) is 0 Å². The molecule has 1 N–H and O–H groups in total. The summed E-state index contributed by atoms with van der Waals surface area (Å²) in [5, 5.41) is 3.35. The van der Waals surface area contributed by atoms with Gasteiger partial charge in [0.1, 0.15) is 11.6 Å². The minimum atomic E-state index is 0.704. The van der Waals surface area contributed by atoms with E-state index in [1.54, 1.807) is 0 Å². The van der Waals surface area contributed by atoms with E-state index in [-0.39, 0.29) is 0 Å². The lowest BCUT2D eigenvalue weighted by molar-refractivity contribution is 0.354. The van der Waals surface area contributed by atoms with Crippen LogP contribution in [0.2, 0.25) is 0 Å². The van der Waals surface area contributed by atoms with Gasteiger partial charge in [0.25, 0.3) is 0 Å². The molecule has 0 fully saturated rings. The SMILES string of the molecule is Cc1nc(NCc2cc(Br)cc3c2OCC3)ccc1Br. The molecule has 2 heterocycles. The molecule has 3 rings (SSSR count). The van der Waals surface area contributed by atoms with Crippen LogP contribution in [0, 0.1) is 6.92 Å². The third-order valence-corrected chi connectivity index (χ3v) is 4.60. The van der Waals surface area contributed by atoms with Gasteiger partial charge in [-0.05, 0) is 52.7 Å². The van der Waals surface area contributed by atoms with Gasteiger partial charge in [0.2, 0.25) is 0 Å².